The molecule has 0 atom stereocenters. The van der Waals surface area contributed by atoms with Gasteiger partial charge in [0, 0.05) is 18.7 Å². The summed E-state index contributed by atoms with van der Waals surface area (Å²) < 4.78 is 22.1. The van der Waals surface area contributed by atoms with Crippen LogP contribution in [0.5, 0.6) is 5.75 Å². The highest BCUT2D eigenvalue weighted by Gasteiger charge is 2.27. The minimum Gasteiger partial charge on any atom is -0.497 e. The first-order chi connectivity index (χ1) is 14.6. The van der Waals surface area contributed by atoms with Crippen molar-refractivity contribution in [1.82, 2.24) is 20.2 Å². The van der Waals surface area contributed by atoms with Crippen molar-refractivity contribution >= 4 is 17.5 Å². The molecule has 0 aliphatic carbocycles. The van der Waals surface area contributed by atoms with Crippen molar-refractivity contribution in [2.45, 2.75) is 19.3 Å². The summed E-state index contributed by atoms with van der Waals surface area (Å²) in [5, 5.41) is 6.53. The van der Waals surface area contributed by atoms with E-state index in [0.717, 1.165) is 32.4 Å². The lowest BCUT2D eigenvalue weighted by Gasteiger charge is -2.26. The van der Waals surface area contributed by atoms with Gasteiger partial charge in [0.2, 0.25) is 0 Å². The van der Waals surface area contributed by atoms with E-state index in [9.17, 15) is 4.79 Å². The van der Waals surface area contributed by atoms with E-state index in [2.05, 4.69) is 10.5 Å². The molecule has 0 saturated carbocycles. The molecule has 2 aromatic carbocycles. The third-order valence-corrected chi connectivity index (χ3v) is 5.42. The second kappa shape index (κ2) is 8.85. The smallest absolute Gasteiger partial charge is 0.289 e. The molecular weight excluding hydrogens is 407 g/mol. The molecule has 6 nitrogen and oxygen atoms in total. The predicted octanol–water partition coefficient (Wildman–Crippen LogP) is 4.47. The van der Waals surface area contributed by atoms with Crippen LogP contribution in [0.2, 0.25) is 5.02 Å². The number of benzene rings is 2. The summed E-state index contributed by atoms with van der Waals surface area (Å²) in [6.07, 6.45) is 3.12. The number of rotatable bonds is 5. The van der Waals surface area contributed by atoms with Crippen LogP contribution in [-0.4, -0.2) is 40.9 Å². The van der Waals surface area contributed by atoms with E-state index in [1.165, 1.54) is 4.68 Å². The monoisotopic (exact) mass is 428 g/mol. The maximum atomic E-state index is 15.5. The number of methoxy groups -OCH3 is 1. The fraction of sp³-hybridized carbons (Fsp3) is 0.273. The first kappa shape index (κ1) is 20.4. The van der Waals surface area contributed by atoms with Crippen LogP contribution in [0.15, 0.2) is 48.5 Å². The SMILES string of the molecule is COc1ccc(-c2c(F)c(C(=O)NN3CCCCC3)nn2-c2ccccc2Cl)cc1. The van der Waals surface area contributed by atoms with Crippen LogP contribution in [0.4, 0.5) is 4.39 Å². The molecule has 0 radical (unpaired) electrons. The zero-order valence-electron chi connectivity index (χ0n) is 16.6. The predicted molar refractivity (Wildman–Crippen MR) is 113 cm³/mol. The molecule has 0 unspecified atom stereocenters. The van der Waals surface area contributed by atoms with Gasteiger partial charge in [0.05, 0.1) is 17.8 Å². The van der Waals surface area contributed by atoms with Gasteiger partial charge in [-0.15, -0.1) is 0 Å². The van der Waals surface area contributed by atoms with Crippen molar-refractivity contribution in [2.75, 3.05) is 20.2 Å². The van der Waals surface area contributed by atoms with Crippen LogP contribution in [0.1, 0.15) is 29.8 Å². The Hall–Kier alpha value is -2.90. The molecule has 156 valence electrons. The van der Waals surface area contributed by atoms with Crippen molar-refractivity contribution in [3.8, 4) is 22.7 Å². The highest BCUT2D eigenvalue weighted by molar-refractivity contribution is 6.32. The molecule has 0 spiro atoms. The van der Waals surface area contributed by atoms with E-state index in [1.54, 1.807) is 55.6 Å². The number of nitrogens with zero attached hydrogens (tertiary/aromatic N) is 3. The molecule has 0 bridgehead atoms. The number of carbonyl (C=O) groups is 1. The Morgan fingerprint density at radius 1 is 1.10 bits per heavy atom. The number of piperidine rings is 1. The van der Waals surface area contributed by atoms with Gasteiger partial charge in [0.15, 0.2) is 11.5 Å². The summed E-state index contributed by atoms with van der Waals surface area (Å²) in [5.74, 6) is -0.629. The van der Waals surface area contributed by atoms with Crippen LogP contribution < -0.4 is 10.2 Å². The molecule has 30 heavy (non-hydrogen) atoms. The van der Waals surface area contributed by atoms with E-state index < -0.39 is 11.7 Å². The normalized spacial score (nSPS) is 14.5. The van der Waals surface area contributed by atoms with Gasteiger partial charge in [-0.1, -0.05) is 30.2 Å². The average Bonchev–Trinajstić information content (AvgIpc) is 3.12. The Labute approximate surface area is 179 Å². The van der Waals surface area contributed by atoms with Gasteiger partial charge in [0.1, 0.15) is 11.4 Å². The molecule has 3 aromatic rings. The van der Waals surface area contributed by atoms with Gasteiger partial charge in [-0.2, -0.15) is 5.10 Å². The van der Waals surface area contributed by atoms with Gasteiger partial charge in [-0.05, 0) is 49.2 Å². The summed E-state index contributed by atoms with van der Waals surface area (Å²) in [6.45, 7) is 1.48. The topological polar surface area (TPSA) is 59.4 Å². The van der Waals surface area contributed by atoms with Crippen molar-refractivity contribution in [3.05, 3.63) is 65.1 Å². The quantitative estimate of drug-likeness (QED) is 0.651. The van der Waals surface area contributed by atoms with E-state index in [-0.39, 0.29) is 11.4 Å². The van der Waals surface area contributed by atoms with E-state index in [1.807, 2.05) is 5.01 Å². The lowest BCUT2D eigenvalue weighted by atomic mass is 10.1. The Morgan fingerprint density at radius 2 is 1.80 bits per heavy atom. The number of nitrogens with one attached hydrogen (secondary N) is 1. The van der Waals surface area contributed by atoms with Crippen molar-refractivity contribution in [3.63, 3.8) is 0 Å². The summed E-state index contributed by atoms with van der Waals surface area (Å²) >= 11 is 6.35. The maximum Gasteiger partial charge on any atom is 0.289 e. The number of halogens is 2. The third-order valence-electron chi connectivity index (χ3n) is 5.10. The fourth-order valence-electron chi connectivity index (χ4n) is 3.54. The number of ether oxygens (including phenoxy) is 1. The van der Waals surface area contributed by atoms with E-state index in [0.29, 0.717) is 22.0 Å². The van der Waals surface area contributed by atoms with Crippen LogP contribution in [0.3, 0.4) is 0 Å². The molecule has 2 heterocycles. The number of para-hydroxylation sites is 1. The Kier molecular flexibility index (Phi) is 6.01. The minimum absolute atomic E-state index is 0.162. The van der Waals surface area contributed by atoms with Gasteiger partial charge in [-0.3, -0.25) is 10.2 Å². The first-order valence-corrected chi connectivity index (χ1v) is 10.2. The molecule has 1 aliphatic rings. The largest absolute Gasteiger partial charge is 0.497 e. The molecule has 1 aliphatic heterocycles. The minimum atomic E-state index is -0.699. The van der Waals surface area contributed by atoms with E-state index in [4.69, 9.17) is 16.3 Å². The van der Waals surface area contributed by atoms with Crippen LogP contribution >= 0.6 is 11.6 Å². The summed E-state index contributed by atoms with van der Waals surface area (Å²) in [6, 6.07) is 13.9. The van der Waals surface area contributed by atoms with Crippen LogP contribution in [0.25, 0.3) is 16.9 Å². The van der Waals surface area contributed by atoms with Gasteiger partial charge in [0.25, 0.3) is 5.91 Å². The average molecular weight is 429 g/mol. The number of hydrogen-bond donors (Lipinski definition) is 1. The van der Waals surface area contributed by atoms with Crippen molar-refractivity contribution in [1.29, 1.82) is 0 Å². The number of hydrogen-bond acceptors (Lipinski definition) is 4. The van der Waals surface area contributed by atoms with Gasteiger partial charge in [-0.25, -0.2) is 14.1 Å². The lowest BCUT2D eigenvalue weighted by Crippen LogP contribution is -2.45. The zero-order chi connectivity index (χ0) is 21.1. The number of hydrazine groups is 1. The van der Waals surface area contributed by atoms with Gasteiger partial charge >= 0.3 is 0 Å². The van der Waals surface area contributed by atoms with Crippen LogP contribution in [-0.2, 0) is 0 Å². The summed E-state index contributed by atoms with van der Waals surface area (Å²) in [4.78, 5) is 12.8. The highest BCUT2D eigenvalue weighted by atomic mass is 35.5. The maximum absolute atomic E-state index is 15.5. The lowest BCUT2D eigenvalue weighted by molar-refractivity contribution is 0.0740. The highest BCUT2D eigenvalue weighted by Crippen LogP contribution is 2.31. The number of amides is 1. The molecule has 1 fully saturated rings. The van der Waals surface area contributed by atoms with Crippen molar-refractivity contribution in [2.24, 2.45) is 0 Å². The zero-order valence-corrected chi connectivity index (χ0v) is 17.3. The number of aromatic nitrogens is 2. The Balaban J connectivity index is 1.78. The summed E-state index contributed by atoms with van der Waals surface area (Å²) in [7, 11) is 1.56. The molecule has 8 heteroatoms. The second-order valence-electron chi connectivity index (χ2n) is 7.09. The van der Waals surface area contributed by atoms with E-state index >= 15 is 4.39 Å². The molecule has 1 N–H and O–H groups in total. The Bertz CT molecular complexity index is 1050. The molecular formula is C22H22ClFN4O2. The molecule has 1 saturated heterocycles. The molecule has 4 rings (SSSR count). The second-order valence-corrected chi connectivity index (χ2v) is 7.50. The van der Waals surface area contributed by atoms with Crippen LogP contribution in [0, 0.1) is 5.82 Å². The summed E-state index contributed by atoms with van der Waals surface area (Å²) in [5.41, 5.74) is 3.71. The number of carbonyl (C=O) groups excluding carboxylic acids is 1. The first-order valence-electron chi connectivity index (χ1n) is 9.82. The van der Waals surface area contributed by atoms with Crippen molar-refractivity contribution < 1.29 is 13.9 Å². The molecule has 1 aromatic heterocycles. The Morgan fingerprint density at radius 3 is 2.47 bits per heavy atom. The third kappa shape index (κ3) is 4.04. The standard InChI is InChI=1S/C22H22ClFN4O2/c1-30-16-11-9-15(10-12-16)21-19(24)20(22(29)26-27-13-5-2-6-14-27)25-28(21)18-8-4-3-7-17(18)23/h3-4,7-12H,2,5-6,13-14H2,1H3,(H,26,29). The fourth-order valence-corrected chi connectivity index (χ4v) is 3.76. The van der Waals surface area contributed by atoms with Gasteiger partial charge < -0.3 is 4.74 Å². The molecule has 1 amide bonds.